The fourth-order valence-corrected chi connectivity index (χ4v) is 2.93. The molecular formula is C11H12N2OS2. The Balaban J connectivity index is 2.41. The van der Waals surface area contributed by atoms with Gasteiger partial charge in [-0.1, -0.05) is 23.9 Å². The molecule has 2 rings (SSSR count). The molecule has 0 spiro atoms. The monoisotopic (exact) mass is 252 g/mol. The van der Waals surface area contributed by atoms with Crippen molar-refractivity contribution in [3.8, 4) is 0 Å². The van der Waals surface area contributed by atoms with Gasteiger partial charge in [0.1, 0.15) is 4.83 Å². The number of H-pyrrole nitrogens is 1. The number of hydrogen-bond acceptors (Lipinski definition) is 4. The highest BCUT2D eigenvalue weighted by atomic mass is 32.2. The van der Waals surface area contributed by atoms with Crippen molar-refractivity contribution in [2.45, 2.75) is 19.0 Å². The average Bonchev–Trinajstić information content (AvgIpc) is 2.56. The van der Waals surface area contributed by atoms with E-state index in [9.17, 15) is 4.79 Å². The van der Waals surface area contributed by atoms with Crippen LogP contribution in [0.15, 0.2) is 28.2 Å². The molecule has 0 aliphatic carbocycles. The molecule has 0 bridgehead atoms. The maximum absolute atomic E-state index is 11.7. The minimum atomic E-state index is -0.0569. The van der Waals surface area contributed by atoms with Gasteiger partial charge in [0, 0.05) is 10.6 Å². The summed E-state index contributed by atoms with van der Waals surface area (Å²) in [6.07, 6.45) is 0. The first-order valence-electron chi connectivity index (χ1n) is 4.84. The predicted octanol–water partition coefficient (Wildman–Crippen LogP) is 2.96. The van der Waals surface area contributed by atoms with Crippen LogP contribution in [0.2, 0.25) is 0 Å². The number of thioether (sulfide) groups is 1. The van der Waals surface area contributed by atoms with E-state index in [1.165, 1.54) is 11.8 Å². The minimum absolute atomic E-state index is 0.0569. The Morgan fingerprint density at radius 3 is 3.12 bits per heavy atom. The average molecular weight is 252 g/mol. The van der Waals surface area contributed by atoms with E-state index in [2.05, 4.69) is 16.5 Å². The van der Waals surface area contributed by atoms with Crippen molar-refractivity contribution in [2.24, 2.45) is 0 Å². The van der Waals surface area contributed by atoms with Gasteiger partial charge in [-0.3, -0.25) is 4.79 Å². The summed E-state index contributed by atoms with van der Waals surface area (Å²) in [4.78, 5) is 20.8. The Kier molecular flexibility index (Phi) is 3.16. The van der Waals surface area contributed by atoms with Gasteiger partial charge in [-0.15, -0.1) is 11.3 Å². The van der Waals surface area contributed by atoms with Crippen molar-refractivity contribution in [3.63, 3.8) is 0 Å². The molecule has 0 fully saturated rings. The van der Waals surface area contributed by atoms with Gasteiger partial charge in [-0.2, -0.15) is 0 Å². The Morgan fingerprint density at radius 1 is 1.69 bits per heavy atom. The number of fused-ring (bicyclic) bond motifs is 1. The Bertz CT molecular complexity index is 598. The second kappa shape index (κ2) is 4.43. The molecule has 84 valence electrons. The largest absolute Gasteiger partial charge is 0.301 e. The summed E-state index contributed by atoms with van der Waals surface area (Å²) in [6, 6.07) is 1.87. The number of nitrogens with zero attached hydrogens (tertiary/aromatic N) is 1. The van der Waals surface area contributed by atoms with Crippen LogP contribution in [0.1, 0.15) is 11.8 Å². The minimum Gasteiger partial charge on any atom is -0.301 e. The summed E-state index contributed by atoms with van der Waals surface area (Å²) < 4.78 is 0. The molecule has 0 aliphatic heterocycles. The molecule has 0 aromatic carbocycles. The van der Waals surface area contributed by atoms with Gasteiger partial charge in [-0.25, -0.2) is 4.98 Å². The van der Waals surface area contributed by atoms with E-state index in [4.69, 9.17) is 0 Å². The summed E-state index contributed by atoms with van der Waals surface area (Å²) in [7, 11) is 0. The second-order valence-electron chi connectivity index (χ2n) is 3.69. The van der Waals surface area contributed by atoms with Crippen LogP contribution >= 0.6 is 23.1 Å². The third kappa shape index (κ3) is 2.36. The standard InChI is InChI=1S/C11H12N2OS2/c1-6(2)5-15-11-12-9(14)8-4-7(3)16-10(8)13-11/h4H,1,5H2,2-3H3,(H,12,13,14). The molecule has 0 atom stereocenters. The van der Waals surface area contributed by atoms with Crippen molar-refractivity contribution in [2.75, 3.05) is 5.75 Å². The van der Waals surface area contributed by atoms with E-state index in [1.807, 2.05) is 19.9 Å². The Hall–Kier alpha value is -1.07. The maximum Gasteiger partial charge on any atom is 0.260 e. The number of rotatable bonds is 3. The summed E-state index contributed by atoms with van der Waals surface area (Å²) >= 11 is 3.06. The fraction of sp³-hybridized carbons (Fsp3) is 0.273. The van der Waals surface area contributed by atoms with Gasteiger partial charge >= 0.3 is 0 Å². The quantitative estimate of drug-likeness (QED) is 0.519. The lowest BCUT2D eigenvalue weighted by Gasteiger charge is -1.99. The van der Waals surface area contributed by atoms with Gasteiger partial charge in [0.2, 0.25) is 0 Å². The molecule has 0 radical (unpaired) electrons. The van der Waals surface area contributed by atoms with Crippen LogP contribution in [0.5, 0.6) is 0 Å². The normalized spacial score (nSPS) is 10.9. The van der Waals surface area contributed by atoms with E-state index in [0.717, 1.165) is 21.0 Å². The Labute approximate surface area is 102 Å². The van der Waals surface area contributed by atoms with Crippen molar-refractivity contribution in [3.05, 3.63) is 33.4 Å². The summed E-state index contributed by atoms with van der Waals surface area (Å²) in [6.45, 7) is 7.76. The van der Waals surface area contributed by atoms with E-state index in [1.54, 1.807) is 11.3 Å². The summed E-state index contributed by atoms with van der Waals surface area (Å²) in [5, 5.41) is 1.35. The van der Waals surface area contributed by atoms with Gasteiger partial charge in [0.25, 0.3) is 5.56 Å². The lowest BCUT2D eigenvalue weighted by atomic mass is 10.4. The van der Waals surface area contributed by atoms with Crippen LogP contribution in [0.3, 0.4) is 0 Å². The zero-order chi connectivity index (χ0) is 11.7. The lowest BCUT2D eigenvalue weighted by Crippen LogP contribution is -2.07. The van der Waals surface area contributed by atoms with E-state index in [-0.39, 0.29) is 5.56 Å². The molecule has 0 saturated carbocycles. The van der Waals surface area contributed by atoms with Gasteiger partial charge in [0.15, 0.2) is 5.16 Å². The number of thiophene rings is 1. The van der Waals surface area contributed by atoms with Crippen molar-refractivity contribution < 1.29 is 0 Å². The van der Waals surface area contributed by atoms with Gasteiger partial charge in [-0.05, 0) is 19.9 Å². The van der Waals surface area contributed by atoms with Crippen LogP contribution in [0.25, 0.3) is 10.2 Å². The van der Waals surface area contributed by atoms with Crippen LogP contribution < -0.4 is 5.56 Å². The highest BCUT2D eigenvalue weighted by molar-refractivity contribution is 7.99. The number of aromatic nitrogens is 2. The first kappa shape index (κ1) is 11.4. The molecule has 5 heteroatoms. The highest BCUT2D eigenvalue weighted by Gasteiger charge is 2.07. The molecule has 0 aliphatic rings. The molecular weight excluding hydrogens is 240 g/mol. The zero-order valence-corrected chi connectivity index (χ0v) is 10.8. The number of aryl methyl sites for hydroxylation is 1. The third-order valence-electron chi connectivity index (χ3n) is 1.96. The van der Waals surface area contributed by atoms with Crippen molar-refractivity contribution in [1.82, 2.24) is 9.97 Å². The first-order chi connectivity index (χ1) is 7.56. The molecule has 2 heterocycles. The predicted molar refractivity (Wildman–Crippen MR) is 70.5 cm³/mol. The third-order valence-corrected chi connectivity index (χ3v) is 4.01. The molecule has 16 heavy (non-hydrogen) atoms. The number of aromatic amines is 1. The lowest BCUT2D eigenvalue weighted by molar-refractivity contribution is 0.981. The van der Waals surface area contributed by atoms with Crippen LogP contribution in [0, 0.1) is 6.92 Å². The van der Waals surface area contributed by atoms with Crippen molar-refractivity contribution >= 4 is 33.3 Å². The molecule has 1 N–H and O–H groups in total. The molecule has 3 nitrogen and oxygen atoms in total. The molecule has 0 saturated heterocycles. The van der Waals surface area contributed by atoms with Crippen molar-refractivity contribution in [1.29, 1.82) is 0 Å². The maximum atomic E-state index is 11.7. The summed E-state index contributed by atoms with van der Waals surface area (Å²) in [5.74, 6) is 0.777. The van der Waals surface area contributed by atoms with Crippen LogP contribution in [0.4, 0.5) is 0 Å². The van der Waals surface area contributed by atoms with Crippen LogP contribution in [-0.2, 0) is 0 Å². The second-order valence-corrected chi connectivity index (χ2v) is 5.89. The molecule has 2 aromatic rings. The first-order valence-corrected chi connectivity index (χ1v) is 6.64. The van der Waals surface area contributed by atoms with Gasteiger partial charge in [0.05, 0.1) is 5.39 Å². The topological polar surface area (TPSA) is 45.8 Å². The van der Waals surface area contributed by atoms with Crippen LogP contribution in [-0.4, -0.2) is 15.7 Å². The zero-order valence-electron chi connectivity index (χ0n) is 9.16. The van der Waals surface area contributed by atoms with Gasteiger partial charge < -0.3 is 4.98 Å². The Morgan fingerprint density at radius 2 is 2.44 bits per heavy atom. The molecule has 0 unspecified atom stereocenters. The highest BCUT2D eigenvalue weighted by Crippen LogP contribution is 2.22. The van der Waals surface area contributed by atoms with E-state index in [0.29, 0.717) is 10.5 Å². The fourth-order valence-electron chi connectivity index (χ4n) is 1.29. The number of nitrogens with one attached hydrogen (secondary N) is 1. The molecule has 2 aromatic heterocycles. The van der Waals surface area contributed by atoms with E-state index >= 15 is 0 Å². The summed E-state index contributed by atoms with van der Waals surface area (Å²) in [5.41, 5.74) is 1.01. The smallest absolute Gasteiger partial charge is 0.260 e. The number of hydrogen-bond donors (Lipinski definition) is 1. The van der Waals surface area contributed by atoms with E-state index < -0.39 is 0 Å². The molecule has 0 amide bonds. The SMILES string of the molecule is C=C(C)CSc1nc2sc(C)cc2c(=O)[nH]1.